The first kappa shape index (κ1) is 11.8. The molecule has 0 fully saturated rings. The summed E-state index contributed by atoms with van der Waals surface area (Å²) in [4.78, 5) is 3.51. The molecule has 0 bridgehead atoms. The van der Waals surface area contributed by atoms with Crippen LogP contribution in [0.2, 0.25) is 0 Å². The molecule has 1 aromatic carbocycles. The van der Waals surface area contributed by atoms with E-state index in [-0.39, 0.29) is 5.84 Å². The van der Waals surface area contributed by atoms with E-state index in [2.05, 4.69) is 40.8 Å². The van der Waals surface area contributed by atoms with Gasteiger partial charge in [0.1, 0.15) is 0 Å². The molecule has 0 aliphatic rings. The van der Waals surface area contributed by atoms with Gasteiger partial charge in [0.05, 0.1) is 0 Å². The van der Waals surface area contributed by atoms with Gasteiger partial charge in [-0.25, -0.2) is 4.99 Å². The van der Waals surface area contributed by atoms with Gasteiger partial charge in [-0.15, -0.1) is 13.2 Å². The molecule has 1 N–H and O–H groups in total. The molecule has 1 aromatic rings. The highest BCUT2D eigenvalue weighted by Crippen LogP contribution is 2.10. The molecular weight excluding hydrogens is 228 g/mol. The molecule has 0 saturated heterocycles. The van der Waals surface area contributed by atoms with Crippen LogP contribution in [0.5, 0.6) is 0 Å². The highest BCUT2D eigenvalue weighted by molar-refractivity contribution is 9.10. The first-order chi connectivity index (χ1) is 6.24. The van der Waals surface area contributed by atoms with E-state index in [0.29, 0.717) is 0 Å². The molecule has 13 heavy (non-hydrogen) atoms. The van der Waals surface area contributed by atoms with Crippen LogP contribution in [0.25, 0.3) is 0 Å². The van der Waals surface area contributed by atoms with Crippen LogP contribution in [0.3, 0.4) is 0 Å². The fraction of sp³-hybridized carbons (Fsp3) is 0. The maximum atomic E-state index is 7.30. The second-order valence-corrected chi connectivity index (χ2v) is 2.93. The minimum absolute atomic E-state index is 0.206. The van der Waals surface area contributed by atoms with Crippen LogP contribution in [0.1, 0.15) is 5.56 Å². The average molecular weight is 239 g/mol. The second kappa shape index (κ2) is 6.31. The summed E-state index contributed by atoms with van der Waals surface area (Å²) in [5, 5.41) is 7.30. The highest BCUT2D eigenvalue weighted by atomic mass is 79.9. The van der Waals surface area contributed by atoms with Crippen molar-refractivity contribution in [2.45, 2.75) is 0 Å². The molecule has 0 heterocycles. The molecule has 3 heteroatoms. The van der Waals surface area contributed by atoms with Crippen LogP contribution in [-0.2, 0) is 0 Å². The van der Waals surface area contributed by atoms with Crippen molar-refractivity contribution in [1.82, 2.24) is 0 Å². The number of aliphatic imine (C=N–C) groups is 1. The van der Waals surface area contributed by atoms with Gasteiger partial charge in [0.2, 0.25) is 0 Å². The first-order valence-corrected chi connectivity index (χ1v) is 4.34. The lowest BCUT2D eigenvalue weighted by molar-refractivity contribution is 1.42. The van der Waals surface area contributed by atoms with Crippen molar-refractivity contribution in [3.63, 3.8) is 0 Å². The van der Waals surface area contributed by atoms with E-state index in [1.165, 1.54) is 0 Å². The van der Waals surface area contributed by atoms with Gasteiger partial charge in [0.15, 0.2) is 5.84 Å². The number of hydrogen-bond donors (Lipinski definition) is 1. The molecule has 0 aliphatic heterocycles. The molecule has 2 nitrogen and oxygen atoms in total. The predicted molar refractivity (Wildman–Crippen MR) is 61.8 cm³/mol. The van der Waals surface area contributed by atoms with Gasteiger partial charge < -0.3 is 0 Å². The van der Waals surface area contributed by atoms with Crippen LogP contribution in [0, 0.1) is 5.41 Å². The van der Waals surface area contributed by atoms with Crippen molar-refractivity contribution < 1.29 is 0 Å². The van der Waals surface area contributed by atoms with Crippen molar-refractivity contribution in [1.29, 1.82) is 5.41 Å². The minimum Gasteiger partial charge on any atom is -0.282 e. The van der Waals surface area contributed by atoms with Gasteiger partial charge >= 0.3 is 0 Å². The van der Waals surface area contributed by atoms with Crippen molar-refractivity contribution in [3.05, 3.63) is 47.5 Å². The van der Waals surface area contributed by atoms with Gasteiger partial charge in [-0.2, -0.15) is 0 Å². The molecule has 0 radical (unpaired) electrons. The zero-order valence-electron chi connectivity index (χ0n) is 7.26. The van der Waals surface area contributed by atoms with E-state index in [1.807, 2.05) is 24.3 Å². The lowest BCUT2D eigenvalue weighted by Gasteiger charge is -1.95. The molecule has 0 aliphatic carbocycles. The monoisotopic (exact) mass is 238 g/mol. The van der Waals surface area contributed by atoms with Crippen molar-refractivity contribution in [2.75, 3.05) is 0 Å². The van der Waals surface area contributed by atoms with Crippen LogP contribution in [0.4, 0.5) is 0 Å². The Morgan fingerprint density at radius 2 is 1.69 bits per heavy atom. The molecule has 1 rings (SSSR count). The fourth-order valence-corrected chi connectivity index (χ4v) is 0.963. The number of amidine groups is 1. The van der Waals surface area contributed by atoms with Gasteiger partial charge in [0.25, 0.3) is 0 Å². The molecule has 0 unspecified atom stereocenters. The lowest BCUT2D eigenvalue weighted by atomic mass is 10.2. The largest absolute Gasteiger partial charge is 0.282 e. The van der Waals surface area contributed by atoms with E-state index in [9.17, 15) is 0 Å². The number of hydrogen-bond acceptors (Lipinski definition) is 1. The average Bonchev–Trinajstić information content (AvgIpc) is 2.21. The summed E-state index contributed by atoms with van der Waals surface area (Å²) in [5.74, 6) is 0.206. The molecule has 0 spiro atoms. The molecule has 0 amide bonds. The van der Waals surface area contributed by atoms with E-state index >= 15 is 0 Å². The Bertz CT molecular complexity index is 290. The topological polar surface area (TPSA) is 36.2 Å². The molecular formula is C10H11BrN2. The maximum absolute atomic E-state index is 7.30. The number of halogens is 1. The Hall–Kier alpha value is -1.22. The first-order valence-electron chi connectivity index (χ1n) is 3.55. The van der Waals surface area contributed by atoms with Gasteiger partial charge in [-0.05, 0) is 18.9 Å². The van der Waals surface area contributed by atoms with Crippen molar-refractivity contribution in [3.8, 4) is 0 Å². The normalized spacial score (nSPS) is 8.08. The Morgan fingerprint density at radius 1 is 1.23 bits per heavy atom. The van der Waals surface area contributed by atoms with E-state index < -0.39 is 0 Å². The lowest BCUT2D eigenvalue weighted by Crippen LogP contribution is -1.92. The summed E-state index contributed by atoms with van der Waals surface area (Å²) in [6, 6.07) is 7.38. The summed E-state index contributed by atoms with van der Waals surface area (Å²) in [7, 11) is 0. The Balaban J connectivity index is 0.000000671. The van der Waals surface area contributed by atoms with Crippen molar-refractivity contribution in [2.24, 2.45) is 4.99 Å². The van der Waals surface area contributed by atoms with Crippen LogP contribution < -0.4 is 0 Å². The number of nitrogens with zero attached hydrogens (tertiary/aromatic N) is 1. The third kappa shape index (κ3) is 3.80. The number of nitrogens with one attached hydrogen (secondary N) is 1. The van der Waals surface area contributed by atoms with E-state index in [1.54, 1.807) is 0 Å². The van der Waals surface area contributed by atoms with Crippen LogP contribution in [-0.4, -0.2) is 12.6 Å². The zero-order chi connectivity index (χ0) is 10.3. The summed E-state index contributed by atoms with van der Waals surface area (Å²) in [6.45, 7) is 9.27. The van der Waals surface area contributed by atoms with Gasteiger partial charge in [-0.3, -0.25) is 5.41 Å². The number of benzene rings is 1. The molecule has 68 valence electrons. The summed E-state index contributed by atoms with van der Waals surface area (Å²) in [6.07, 6.45) is 0. The summed E-state index contributed by atoms with van der Waals surface area (Å²) in [5.41, 5.74) is 0.781. The highest BCUT2D eigenvalue weighted by Gasteiger charge is 1.95. The minimum atomic E-state index is 0.206. The summed E-state index contributed by atoms with van der Waals surface area (Å²) >= 11 is 3.30. The van der Waals surface area contributed by atoms with E-state index in [4.69, 9.17) is 5.41 Å². The summed E-state index contributed by atoms with van der Waals surface area (Å²) < 4.78 is 0.998. The quantitative estimate of drug-likeness (QED) is 0.443. The zero-order valence-corrected chi connectivity index (χ0v) is 8.84. The number of rotatable bonds is 1. The molecule has 0 aromatic heterocycles. The van der Waals surface area contributed by atoms with Crippen LogP contribution in [0.15, 0.2) is 46.9 Å². The van der Waals surface area contributed by atoms with Crippen molar-refractivity contribution >= 4 is 28.5 Å². The third-order valence-electron chi connectivity index (χ3n) is 1.28. The predicted octanol–water partition coefficient (Wildman–Crippen LogP) is 3.28. The van der Waals surface area contributed by atoms with Gasteiger partial charge in [-0.1, -0.05) is 28.1 Å². The molecule has 0 atom stereocenters. The Morgan fingerprint density at radius 3 is 2.08 bits per heavy atom. The second-order valence-electron chi connectivity index (χ2n) is 2.01. The SMILES string of the molecule is C=C.C=NC(=N)c1ccc(Br)cc1. The third-order valence-corrected chi connectivity index (χ3v) is 1.80. The molecule has 0 saturated carbocycles. The van der Waals surface area contributed by atoms with E-state index in [0.717, 1.165) is 10.0 Å². The Kier molecular flexibility index (Phi) is 5.72. The Labute approximate surface area is 86.7 Å². The maximum Gasteiger partial charge on any atom is 0.151 e. The standard InChI is InChI=1S/C8H7BrN2.C2H4/c1-11-8(10)6-2-4-7(9)5-3-6;1-2/h2-5,10H,1H2;1-2H2. The van der Waals surface area contributed by atoms with Crippen LogP contribution >= 0.6 is 15.9 Å². The smallest absolute Gasteiger partial charge is 0.151 e. The van der Waals surface area contributed by atoms with Gasteiger partial charge in [0, 0.05) is 10.0 Å². The fourth-order valence-electron chi connectivity index (χ4n) is 0.699.